The van der Waals surface area contributed by atoms with E-state index in [0.717, 1.165) is 24.4 Å². The average molecular weight is 840 g/mol. The van der Waals surface area contributed by atoms with Crippen LogP contribution in [0.25, 0.3) is 11.1 Å². The second-order valence-electron chi connectivity index (χ2n) is 14.0. The summed E-state index contributed by atoms with van der Waals surface area (Å²) >= 11 is 0. The highest BCUT2D eigenvalue weighted by Crippen LogP contribution is 2.34. The highest BCUT2D eigenvalue weighted by Gasteiger charge is 2.32. The van der Waals surface area contributed by atoms with Gasteiger partial charge < -0.3 is 36.5 Å². The second kappa shape index (κ2) is 19.3. The number of aromatic nitrogens is 2. The minimum Gasteiger partial charge on any atom is -0.493 e. The van der Waals surface area contributed by atoms with Gasteiger partial charge in [-0.15, -0.1) is 0 Å². The van der Waals surface area contributed by atoms with Gasteiger partial charge in [0.05, 0.1) is 34.9 Å². The number of anilines is 2. The predicted molar refractivity (Wildman–Crippen MR) is 209 cm³/mol. The highest BCUT2D eigenvalue weighted by molar-refractivity contribution is 7.92. The molecule has 1 unspecified atom stereocenters. The summed E-state index contributed by atoms with van der Waals surface area (Å²) in [7, 11) is -3.40. The number of nitrogens with one attached hydrogen (secondary N) is 4. The Morgan fingerprint density at radius 3 is 2.44 bits per heavy atom. The zero-order chi connectivity index (χ0) is 42.9. The van der Waals surface area contributed by atoms with Gasteiger partial charge in [-0.25, -0.2) is 22.8 Å². The van der Waals surface area contributed by atoms with Crippen molar-refractivity contribution < 1.29 is 51.2 Å². The van der Waals surface area contributed by atoms with E-state index in [-0.39, 0.29) is 67.2 Å². The van der Waals surface area contributed by atoms with Gasteiger partial charge in [-0.05, 0) is 48.6 Å². The number of rotatable bonds is 13. The number of carbonyl (C=O) groups excluding carboxylic acids is 6. The van der Waals surface area contributed by atoms with E-state index >= 15 is 4.39 Å². The third-order valence-corrected chi connectivity index (χ3v) is 10.2. The number of ether oxygens (including phenoxy) is 2. The van der Waals surface area contributed by atoms with Crippen molar-refractivity contribution in [3.05, 3.63) is 71.9 Å². The molecule has 0 fully saturated rings. The van der Waals surface area contributed by atoms with Gasteiger partial charge in [-0.3, -0.25) is 28.9 Å². The number of primary amides is 1. The molecule has 0 saturated heterocycles. The van der Waals surface area contributed by atoms with Gasteiger partial charge in [0.15, 0.2) is 0 Å². The Labute approximate surface area is 337 Å². The molecular formula is C38H43F2N9O9S. The minimum absolute atomic E-state index is 0.0317. The van der Waals surface area contributed by atoms with Crippen LogP contribution in [-0.4, -0.2) is 99.3 Å². The molecule has 2 aromatic heterocycles. The first kappa shape index (κ1) is 43.6. The summed E-state index contributed by atoms with van der Waals surface area (Å²) in [5.74, 6) is -5.46. The van der Waals surface area contributed by atoms with Crippen LogP contribution < -0.4 is 36.5 Å². The Kier molecular flexibility index (Phi) is 14.3. The van der Waals surface area contributed by atoms with Gasteiger partial charge >= 0.3 is 6.03 Å². The van der Waals surface area contributed by atoms with Crippen molar-refractivity contribution in [2.75, 3.05) is 37.9 Å². The summed E-state index contributed by atoms with van der Waals surface area (Å²) in [5.41, 5.74) is 5.90. The third kappa shape index (κ3) is 12.2. The van der Waals surface area contributed by atoms with Crippen molar-refractivity contribution in [2.45, 2.75) is 50.9 Å². The molecule has 4 heterocycles. The van der Waals surface area contributed by atoms with Gasteiger partial charge in [0.1, 0.15) is 47.6 Å². The zero-order valence-electron chi connectivity index (χ0n) is 32.3. The first-order valence-corrected chi connectivity index (χ1v) is 20.5. The van der Waals surface area contributed by atoms with Gasteiger partial charge in [0.25, 0.3) is 17.7 Å². The Hall–Kier alpha value is -6.51. The molecule has 21 heteroatoms. The minimum atomic E-state index is -3.40. The van der Waals surface area contributed by atoms with E-state index in [1.807, 2.05) is 0 Å². The van der Waals surface area contributed by atoms with Crippen LogP contribution in [0.3, 0.4) is 0 Å². The molecule has 0 aliphatic carbocycles. The lowest BCUT2D eigenvalue weighted by molar-refractivity contribution is -0.141. The van der Waals surface area contributed by atoms with E-state index in [0.29, 0.717) is 22.4 Å². The first-order chi connectivity index (χ1) is 28.0. The number of nitrogens with zero attached hydrogens (tertiary/aromatic N) is 4. The number of imide groups is 1. The largest absolute Gasteiger partial charge is 0.493 e. The molecule has 2 aliphatic rings. The molecule has 3 atom stereocenters. The number of halogens is 2. The molecule has 7 amide bonds. The van der Waals surface area contributed by atoms with Crippen LogP contribution in [0.2, 0.25) is 0 Å². The molecule has 2 aliphatic heterocycles. The van der Waals surface area contributed by atoms with Crippen molar-refractivity contribution in [2.24, 2.45) is 16.0 Å². The van der Waals surface area contributed by atoms with Crippen LogP contribution in [0, 0.1) is 17.6 Å². The van der Waals surface area contributed by atoms with Crippen molar-refractivity contribution in [3.63, 3.8) is 0 Å². The Balaban J connectivity index is 1.37. The number of hydrogen-bond donors (Lipinski definition) is 5. The van der Waals surface area contributed by atoms with Crippen molar-refractivity contribution >= 4 is 56.9 Å². The summed E-state index contributed by atoms with van der Waals surface area (Å²) in [6.45, 7) is 2.83. The summed E-state index contributed by atoms with van der Waals surface area (Å²) in [4.78, 5) is 84.4. The SMILES string of the molecule is CC(C)[C@H](NC(=O)CN1C(=O)C=CC1=O)C(=O)N[C@@H](CCCNC(N)=O)C(=O)N=S(C)(=O)Cc1cc2nc(c1)OCCCOc1cc(F)ccc1-c1cc(ncc1F)N2. The highest BCUT2D eigenvalue weighted by atomic mass is 32.2. The number of benzene rings is 1. The fourth-order valence-electron chi connectivity index (χ4n) is 6.00. The lowest BCUT2D eigenvalue weighted by Gasteiger charge is -2.25. The van der Waals surface area contributed by atoms with E-state index in [1.54, 1.807) is 13.8 Å². The number of nitrogens with two attached hydrogens (primary N) is 1. The molecule has 0 radical (unpaired) electrons. The second-order valence-corrected chi connectivity index (χ2v) is 16.4. The molecule has 0 spiro atoms. The van der Waals surface area contributed by atoms with Crippen LogP contribution in [0.1, 0.15) is 38.7 Å². The molecule has 59 heavy (non-hydrogen) atoms. The number of amides is 7. The summed E-state index contributed by atoms with van der Waals surface area (Å²) < 4.78 is 58.8. The molecule has 4 bridgehead atoms. The Bertz CT molecular complexity index is 2280. The van der Waals surface area contributed by atoms with E-state index in [2.05, 4.69) is 35.6 Å². The molecular weight excluding hydrogens is 797 g/mol. The normalized spacial score (nSPS) is 15.6. The molecule has 6 N–H and O–H groups in total. The average Bonchev–Trinajstić information content (AvgIpc) is 3.46. The van der Waals surface area contributed by atoms with Crippen LogP contribution >= 0.6 is 0 Å². The Morgan fingerprint density at radius 2 is 1.73 bits per heavy atom. The molecule has 5 rings (SSSR count). The number of urea groups is 1. The molecule has 1 aromatic carbocycles. The molecule has 0 saturated carbocycles. The maximum atomic E-state index is 15.1. The van der Waals surface area contributed by atoms with E-state index in [9.17, 15) is 37.4 Å². The van der Waals surface area contributed by atoms with Crippen LogP contribution in [0.4, 0.5) is 25.2 Å². The fourth-order valence-corrected chi connectivity index (χ4v) is 7.36. The van der Waals surface area contributed by atoms with Gasteiger partial charge in [0.2, 0.25) is 17.7 Å². The fraction of sp³-hybridized carbons (Fsp3) is 0.368. The summed E-state index contributed by atoms with van der Waals surface area (Å²) in [6, 6.07) is 4.75. The van der Waals surface area contributed by atoms with Crippen LogP contribution in [0.15, 0.2) is 59.1 Å². The number of pyridine rings is 2. The van der Waals surface area contributed by atoms with Crippen molar-refractivity contribution in [1.29, 1.82) is 0 Å². The maximum absolute atomic E-state index is 15.1. The molecule has 314 valence electrons. The van der Waals surface area contributed by atoms with E-state index in [4.69, 9.17) is 15.2 Å². The van der Waals surface area contributed by atoms with Gasteiger partial charge in [0, 0.05) is 54.6 Å². The maximum Gasteiger partial charge on any atom is 0.312 e. The summed E-state index contributed by atoms with van der Waals surface area (Å²) in [6.07, 6.45) is 4.63. The number of fused-ring (bicyclic) bond motifs is 6. The quantitative estimate of drug-likeness (QED) is 0.123. The standard InChI is InChI=1S/C38H43F2N9O9S/c1-21(2)35(47-31(50)19-49-33(51)9-10-34(49)52)37(54)44-27(6-4-11-42-38(41)55)36(53)48-59(3,56)20-22-14-30-45-29-17-25(26(40)18-43-29)24-8-7-23(39)16-28(24)57-12-5-13-58-32(15-22)46-30/h7-10,14-18,21,27,35H,4-6,11-13,19-20H2,1-3H3,(H,44,54)(H,47,50)(H3,41,42,55)(H,43,45,46)/t27-,35-,59?/m0/s1. The first-order valence-electron chi connectivity index (χ1n) is 18.4. The van der Waals surface area contributed by atoms with Crippen molar-refractivity contribution in [1.82, 2.24) is 30.8 Å². The molecule has 18 nitrogen and oxygen atoms in total. The van der Waals surface area contributed by atoms with Crippen molar-refractivity contribution in [3.8, 4) is 22.8 Å². The smallest absolute Gasteiger partial charge is 0.312 e. The summed E-state index contributed by atoms with van der Waals surface area (Å²) in [5, 5.41) is 10.4. The van der Waals surface area contributed by atoms with E-state index < -0.39 is 81.5 Å². The number of carbonyl (C=O) groups is 6. The Morgan fingerprint density at radius 1 is 1.00 bits per heavy atom. The predicted octanol–water partition coefficient (Wildman–Crippen LogP) is 2.45. The zero-order valence-corrected chi connectivity index (χ0v) is 33.1. The van der Waals surface area contributed by atoms with Gasteiger partial charge in [-0.1, -0.05) is 13.8 Å². The monoisotopic (exact) mass is 839 g/mol. The lowest BCUT2D eigenvalue weighted by atomic mass is 10.0. The third-order valence-electron chi connectivity index (χ3n) is 8.77. The lowest BCUT2D eigenvalue weighted by Crippen LogP contribution is -2.55. The topological polar surface area (TPSA) is 253 Å². The number of hydrogen-bond acceptors (Lipinski definition) is 12. The van der Waals surface area contributed by atoms with Crippen LogP contribution in [-0.2, 0) is 39.5 Å². The van der Waals surface area contributed by atoms with E-state index in [1.165, 1.54) is 36.6 Å². The van der Waals surface area contributed by atoms with Gasteiger partial charge in [-0.2, -0.15) is 9.35 Å². The molecule has 3 aromatic rings. The van der Waals surface area contributed by atoms with Crippen LogP contribution in [0.5, 0.6) is 11.6 Å².